The fraction of sp³-hybridized carbons (Fsp3) is 0.571. The first-order valence-electron chi connectivity index (χ1n) is 6.25. The molecule has 0 bridgehead atoms. The van der Waals surface area contributed by atoms with Gasteiger partial charge in [-0.25, -0.2) is 4.39 Å². The maximum Gasteiger partial charge on any atom is 0.127 e. The molecule has 1 saturated carbocycles. The van der Waals surface area contributed by atoms with E-state index in [0.29, 0.717) is 0 Å². The van der Waals surface area contributed by atoms with Crippen molar-refractivity contribution in [1.82, 2.24) is 0 Å². The molecule has 3 heteroatoms. The molecule has 2 atom stereocenters. The van der Waals surface area contributed by atoms with Gasteiger partial charge in [-0.15, -0.1) is 0 Å². The van der Waals surface area contributed by atoms with Gasteiger partial charge in [0.2, 0.25) is 0 Å². The SMILES string of the molecule is CCC1(CC)C(N)CC1c1ccc(Br)cc1F. The molecule has 1 aliphatic carbocycles. The fourth-order valence-electron chi connectivity index (χ4n) is 3.31. The van der Waals surface area contributed by atoms with Crippen LogP contribution in [-0.4, -0.2) is 6.04 Å². The highest BCUT2D eigenvalue weighted by Gasteiger charge is 2.51. The van der Waals surface area contributed by atoms with E-state index in [1.165, 1.54) is 0 Å². The summed E-state index contributed by atoms with van der Waals surface area (Å²) in [7, 11) is 0. The third-order valence-corrected chi connectivity index (χ3v) is 5.07. The fourth-order valence-corrected chi connectivity index (χ4v) is 3.64. The van der Waals surface area contributed by atoms with Gasteiger partial charge in [0.05, 0.1) is 0 Å². The van der Waals surface area contributed by atoms with Gasteiger partial charge in [-0.3, -0.25) is 0 Å². The third-order valence-electron chi connectivity index (χ3n) is 4.58. The molecule has 0 radical (unpaired) electrons. The Labute approximate surface area is 111 Å². The molecule has 17 heavy (non-hydrogen) atoms. The first-order chi connectivity index (χ1) is 8.05. The Kier molecular flexibility index (Phi) is 3.60. The lowest BCUT2D eigenvalue weighted by atomic mass is 9.52. The van der Waals surface area contributed by atoms with E-state index in [9.17, 15) is 4.39 Å². The molecule has 0 saturated heterocycles. The summed E-state index contributed by atoms with van der Waals surface area (Å²) in [5.41, 5.74) is 7.08. The van der Waals surface area contributed by atoms with Crippen molar-refractivity contribution in [3.63, 3.8) is 0 Å². The van der Waals surface area contributed by atoms with Crippen LogP contribution < -0.4 is 5.73 Å². The summed E-state index contributed by atoms with van der Waals surface area (Å²) in [6.07, 6.45) is 2.94. The summed E-state index contributed by atoms with van der Waals surface area (Å²) in [5, 5.41) is 0. The Balaban J connectivity index is 2.35. The molecule has 1 aromatic rings. The average molecular weight is 300 g/mol. The molecule has 0 heterocycles. The Morgan fingerprint density at radius 1 is 1.41 bits per heavy atom. The van der Waals surface area contributed by atoms with Crippen molar-refractivity contribution in [1.29, 1.82) is 0 Å². The molecule has 94 valence electrons. The lowest BCUT2D eigenvalue weighted by Crippen LogP contribution is -2.56. The highest BCUT2D eigenvalue weighted by Crippen LogP contribution is 2.56. The molecule has 2 unspecified atom stereocenters. The first kappa shape index (κ1) is 13.0. The van der Waals surface area contributed by atoms with Crippen LogP contribution in [0, 0.1) is 11.2 Å². The van der Waals surface area contributed by atoms with Gasteiger partial charge in [0.15, 0.2) is 0 Å². The van der Waals surface area contributed by atoms with Crippen LogP contribution in [0.4, 0.5) is 4.39 Å². The predicted molar refractivity (Wildman–Crippen MR) is 72.4 cm³/mol. The highest BCUT2D eigenvalue weighted by atomic mass is 79.9. The minimum atomic E-state index is -0.109. The van der Waals surface area contributed by atoms with Gasteiger partial charge in [0.25, 0.3) is 0 Å². The molecule has 1 fully saturated rings. The van der Waals surface area contributed by atoms with Crippen LogP contribution in [0.1, 0.15) is 44.6 Å². The van der Waals surface area contributed by atoms with Gasteiger partial charge in [-0.2, -0.15) is 0 Å². The standard InChI is InChI=1S/C14H19BrFN/c1-3-14(4-2)11(8-13(14)17)10-6-5-9(15)7-12(10)16/h5-7,11,13H,3-4,8,17H2,1-2H3. The summed E-state index contributed by atoms with van der Waals surface area (Å²) in [5.74, 6) is 0.170. The molecular weight excluding hydrogens is 281 g/mol. The van der Waals surface area contributed by atoms with Gasteiger partial charge < -0.3 is 5.73 Å². The number of hydrogen-bond acceptors (Lipinski definition) is 1. The van der Waals surface area contributed by atoms with Crippen molar-refractivity contribution in [2.24, 2.45) is 11.1 Å². The number of benzene rings is 1. The maximum atomic E-state index is 14.0. The monoisotopic (exact) mass is 299 g/mol. The molecule has 0 aromatic heterocycles. The van der Waals surface area contributed by atoms with Crippen LogP contribution in [0.3, 0.4) is 0 Å². The van der Waals surface area contributed by atoms with E-state index in [1.54, 1.807) is 6.07 Å². The van der Waals surface area contributed by atoms with Crippen molar-refractivity contribution < 1.29 is 4.39 Å². The normalized spacial score (nSPS) is 26.6. The molecule has 0 amide bonds. The van der Waals surface area contributed by atoms with Gasteiger partial charge in [0, 0.05) is 10.5 Å². The molecular formula is C14H19BrFN. The van der Waals surface area contributed by atoms with Crippen LogP contribution in [0.2, 0.25) is 0 Å². The molecule has 1 nitrogen and oxygen atoms in total. The Morgan fingerprint density at radius 2 is 2.06 bits per heavy atom. The van der Waals surface area contributed by atoms with E-state index in [1.807, 2.05) is 12.1 Å². The third kappa shape index (κ3) is 1.93. The molecule has 0 aliphatic heterocycles. The van der Waals surface area contributed by atoms with Gasteiger partial charge in [0.1, 0.15) is 5.82 Å². The van der Waals surface area contributed by atoms with Crippen LogP contribution in [0.25, 0.3) is 0 Å². The first-order valence-corrected chi connectivity index (χ1v) is 7.05. The minimum Gasteiger partial charge on any atom is -0.327 e. The molecule has 2 N–H and O–H groups in total. The quantitative estimate of drug-likeness (QED) is 0.889. The largest absolute Gasteiger partial charge is 0.327 e. The summed E-state index contributed by atoms with van der Waals surface area (Å²) in [6.45, 7) is 4.32. The predicted octanol–water partition coefficient (Wildman–Crippen LogP) is 4.21. The Morgan fingerprint density at radius 3 is 2.53 bits per heavy atom. The lowest BCUT2D eigenvalue weighted by molar-refractivity contribution is 0.0417. The second-order valence-corrected chi connectivity index (χ2v) is 5.92. The van der Waals surface area contributed by atoms with E-state index in [4.69, 9.17) is 5.73 Å². The zero-order valence-corrected chi connectivity index (χ0v) is 11.9. The van der Waals surface area contributed by atoms with Crippen molar-refractivity contribution in [3.05, 3.63) is 34.1 Å². The topological polar surface area (TPSA) is 26.0 Å². The number of halogens is 2. The number of nitrogens with two attached hydrogens (primary N) is 1. The molecule has 0 spiro atoms. The van der Waals surface area contributed by atoms with E-state index < -0.39 is 0 Å². The summed E-state index contributed by atoms with van der Waals surface area (Å²) in [6, 6.07) is 5.58. The van der Waals surface area contributed by atoms with Crippen LogP contribution >= 0.6 is 15.9 Å². The second-order valence-electron chi connectivity index (χ2n) is 5.00. The van der Waals surface area contributed by atoms with E-state index in [0.717, 1.165) is 29.3 Å². The van der Waals surface area contributed by atoms with Crippen LogP contribution in [-0.2, 0) is 0 Å². The highest BCUT2D eigenvalue weighted by molar-refractivity contribution is 9.10. The Hall–Kier alpha value is -0.410. The number of rotatable bonds is 3. The second kappa shape index (κ2) is 4.69. The molecule has 1 aromatic carbocycles. The maximum absolute atomic E-state index is 14.0. The zero-order valence-electron chi connectivity index (χ0n) is 10.3. The van der Waals surface area contributed by atoms with E-state index >= 15 is 0 Å². The van der Waals surface area contributed by atoms with Gasteiger partial charge in [-0.1, -0.05) is 35.8 Å². The number of hydrogen-bond donors (Lipinski definition) is 1. The van der Waals surface area contributed by atoms with Crippen molar-refractivity contribution in [2.45, 2.75) is 45.1 Å². The smallest absolute Gasteiger partial charge is 0.127 e. The zero-order chi connectivity index (χ0) is 12.6. The minimum absolute atomic E-state index is 0.0919. The van der Waals surface area contributed by atoms with Crippen LogP contribution in [0.15, 0.2) is 22.7 Å². The van der Waals surface area contributed by atoms with E-state index in [2.05, 4.69) is 29.8 Å². The van der Waals surface area contributed by atoms with Crippen molar-refractivity contribution >= 4 is 15.9 Å². The van der Waals surface area contributed by atoms with Gasteiger partial charge in [-0.05, 0) is 48.3 Å². The van der Waals surface area contributed by atoms with E-state index in [-0.39, 0.29) is 23.2 Å². The summed E-state index contributed by atoms with van der Waals surface area (Å²) >= 11 is 3.30. The van der Waals surface area contributed by atoms with Crippen molar-refractivity contribution in [2.75, 3.05) is 0 Å². The summed E-state index contributed by atoms with van der Waals surface area (Å²) < 4.78 is 14.8. The van der Waals surface area contributed by atoms with Gasteiger partial charge >= 0.3 is 0 Å². The summed E-state index contributed by atoms with van der Waals surface area (Å²) in [4.78, 5) is 0. The average Bonchev–Trinajstić information content (AvgIpc) is 2.29. The van der Waals surface area contributed by atoms with Crippen LogP contribution in [0.5, 0.6) is 0 Å². The molecule has 2 rings (SSSR count). The van der Waals surface area contributed by atoms with Crippen molar-refractivity contribution in [3.8, 4) is 0 Å². The lowest BCUT2D eigenvalue weighted by Gasteiger charge is -2.55. The molecule has 1 aliphatic rings. The Bertz CT molecular complexity index is 415.